The van der Waals surface area contributed by atoms with Crippen molar-refractivity contribution in [3.63, 3.8) is 0 Å². The number of aliphatic hydroxyl groups excluding tert-OH is 1. The summed E-state index contributed by atoms with van der Waals surface area (Å²) in [5.74, 6) is 0. The highest BCUT2D eigenvalue weighted by Crippen LogP contribution is 2.19. The summed E-state index contributed by atoms with van der Waals surface area (Å²) in [6.45, 7) is 0. The van der Waals surface area contributed by atoms with E-state index in [9.17, 15) is 5.11 Å². The normalized spacial score (nSPS) is 12.7. The van der Waals surface area contributed by atoms with Gasteiger partial charge in [0.15, 0.2) is 0 Å². The highest BCUT2D eigenvalue weighted by Gasteiger charge is 2.08. The van der Waals surface area contributed by atoms with Gasteiger partial charge in [-0.3, -0.25) is 0 Å². The molecule has 0 aliphatic rings. The molecule has 15 heavy (non-hydrogen) atoms. The van der Waals surface area contributed by atoms with Crippen molar-refractivity contribution < 1.29 is 9.52 Å². The van der Waals surface area contributed by atoms with Crippen molar-refractivity contribution in [1.29, 1.82) is 0 Å². The first kappa shape index (κ1) is 10.7. The van der Waals surface area contributed by atoms with Crippen LogP contribution < -0.4 is 0 Å². The van der Waals surface area contributed by atoms with E-state index in [4.69, 9.17) is 4.42 Å². The molecule has 0 spiro atoms. The number of aliphatic hydroxyl groups is 1. The van der Waals surface area contributed by atoms with Crippen LogP contribution in [-0.4, -0.2) is 5.11 Å². The van der Waals surface area contributed by atoms with Crippen LogP contribution >= 0.6 is 22.6 Å². The molecule has 0 radical (unpaired) electrons. The number of hydrogen-bond acceptors (Lipinski definition) is 2. The Morgan fingerprint density at radius 1 is 1.20 bits per heavy atom. The van der Waals surface area contributed by atoms with Gasteiger partial charge in [-0.15, -0.1) is 0 Å². The van der Waals surface area contributed by atoms with Gasteiger partial charge in [0.1, 0.15) is 0 Å². The topological polar surface area (TPSA) is 33.4 Å². The molecule has 0 bridgehead atoms. The summed E-state index contributed by atoms with van der Waals surface area (Å²) in [5, 5.41) is 9.94. The van der Waals surface area contributed by atoms with E-state index >= 15 is 0 Å². The first-order valence-electron chi connectivity index (χ1n) is 4.70. The zero-order valence-corrected chi connectivity index (χ0v) is 10.2. The Bertz CT molecular complexity index is 406. The van der Waals surface area contributed by atoms with E-state index in [-0.39, 0.29) is 0 Å². The van der Waals surface area contributed by atoms with Gasteiger partial charge in [0.2, 0.25) is 0 Å². The highest BCUT2D eigenvalue weighted by molar-refractivity contribution is 14.1. The van der Waals surface area contributed by atoms with Gasteiger partial charge in [-0.05, 0) is 51.9 Å². The fraction of sp³-hybridized carbons (Fsp3) is 0.167. The van der Waals surface area contributed by atoms with E-state index in [1.165, 1.54) is 3.57 Å². The van der Waals surface area contributed by atoms with Crippen LogP contribution in [0.25, 0.3) is 0 Å². The molecule has 1 atom stereocenters. The molecular formula is C12H11IO2. The lowest BCUT2D eigenvalue weighted by molar-refractivity contribution is 0.178. The van der Waals surface area contributed by atoms with Crippen LogP contribution in [0, 0.1) is 3.57 Å². The molecule has 1 aromatic heterocycles. The van der Waals surface area contributed by atoms with Gasteiger partial charge < -0.3 is 9.52 Å². The highest BCUT2D eigenvalue weighted by atomic mass is 127. The average Bonchev–Trinajstić information content (AvgIpc) is 2.71. The van der Waals surface area contributed by atoms with Crippen LogP contribution in [-0.2, 0) is 6.42 Å². The third-order valence-electron chi connectivity index (χ3n) is 2.26. The minimum atomic E-state index is -0.459. The van der Waals surface area contributed by atoms with Gasteiger partial charge in [-0.25, -0.2) is 0 Å². The van der Waals surface area contributed by atoms with E-state index in [1.54, 1.807) is 12.5 Å². The molecule has 1 aromatic carbocycles. The van der Waals surface area contributed by atoms with Crippen molar-refractivity contribution in [1.82, 2.24) is 0 Å². The quantitative estimate of drug-likeness (QED) is 0.883. The maximum absolute atomic E-state index is 9.94. The summed E-state index contributed by atoms with van der Waals surface area (Å²) >= 11 is 2.25. The predicted octanol–water partition coefficient (Wildman–Crippen LogP) is 3.16. The van der Waals surface area contributed by atoms with Crippen molar-refractivity contribution in [2.45, 2.75) is 12.5 Å². The van der Waals surface area contributed by atoms with E-state index < -0.39 is 6.10 Å². The van der Waals surface area contributed by atoms with Crippen LogP contribution in [0.2, 0.25) is 0 Å². The molecule has 3 heteroatoms. The van der Waals surface area contributed by atoms with Crippen molar-refractivity contribution in [2.24, 2.45) is 0 Å². The smallest absolute Gasteiger partial charge is 0.0935 e. The Balaban J connectivity index is 2.08. The Morgan fingerprint density at radius 2 is 1.93 bits per heavy atom. The van der Waals surface area contributed by atoms with E-state index in [0.717, 1.165) is 11.1 Å². The van der Waals surface area contributed by atoms with Gasteiger partial charge in [0.25, 0.3) is 0 Å². The summed E-state index contributed by atoms with van der Waals surface area (Å²) in [6.07, 6.45) is 3.42. The summed E-state index contributed by atoms with van der Waals surface area (Å²) in [6, 6.07) is 9.76. The van der Waals surface area contributed by atoms with Crippen molar-refractivity contribution in [2.75, 3.05) is 0 Å². The molecular weight excluding hydrogens is 303 g/mol. The maximum atomic E-state index is 9.94. The second-order valence-electron chi connectivity index (χ2n) is 3.40. The molecule has 0 aliphatic heterocycles. The van der Waals surface area contributed by atoms with Gasteiger partial charge in [0.05, 0.1) is 18.6 Å². The van der Waals surface area contributed by atoms with Crippen molar-refractivity contribution in [3.05, 3.63) is 57.6 Å². The van der Waals surface area contributed by atoms with Crippen LogP contribution in [0.15, 0.2) is 47.3 Å². The maximum Gasteiger partial charge on any atom is 0.0935 e. The van der Waals surface area contributed by atoms with Crippen LogP contribution in [0.3, 0.4) is 0 Å². The number of rotatable bonds is 3. The standard InChI is InChI=1S/C12H11IO2/c13-11-3-1-10(2-4-11)12(14)7-9-5-6-15-8-9/h1-6,8,12,14H,7H2. The van der Waals surface area contributed by atoms with Gasteiger partial charge >= 0.3 is 0 Å². The second-order valence-corrected chi connectivity index (χ2v) is 4.65. The first-order chi connectivity index (χ1) is 7.25. The van der Waals surface area contributed by atoms with Gasteiger partial charge in [0, 0.05) is 9.99 Å². The number of hydrogen-bond donors (Lipinski definition) is 1. The Morgan fingerprint density at radius 3 is 2.53 bits per heavy atom. The van der Waals surface area contributed by atoms with Crippen molar-refractivity contribution in [3.8, 4) is 0 Å². The summed E-state index contributed by atoms with van der Waals surface area (Å²) in [5.41, 5.74) is 1.96. The third kappa shape index (κ3) is 2.82. The Labute approximate surface area is 102 Å². The molecule has 1 unspecified atom stereocenters. The van der Waals surface area contributed by atoms with E-state index in [2.05, 4.69) is 22.6 Å². The lowest BCUT2D eigenvalue weighted by Gasteiger charge is -2.09. The van der Waals surface area contributed by atoms with E-state index in [0.29, 0.717) is 6.42 Å². The minimum absolute atomic E-state index is 0.459. The molecule has 2 nitrogen and oxygen atoms in total. The van der Waals surface area contributed by atoms with Gasteiger partial charge in [-0.1, -0.05) is 12.1 Å². The van der Waals surface area contributed by atoms with Crippen LogP contribution in [0.1, 0.15) is 17.2 Å². The number of benzene rings is 1. The second kappa shape index (κ2) is 4.81. The number of halogens is 1. The van der Waals surface area contributed by atoms with Crippen LogP contribution in [0.5, 0.6) is 0 Å². The monoisotopic (exact) mass is 314 g/mol. The van der Waals surface area contributed by atoms with Crippen molar-refractivity contribution >= 4 is 22.6 Å². The number of furan rings is 1. The molecule has 1 heterocycles. The predicted molar refractivity (Wildman–Crippen MR) is 66.5 cm³/mol. The minimum Gasteiger partial charge on any atom is -0.472 e. The molecule has 0 aliphatic carbocycles. The zero-order valence-electron chi connectivity index (χ0n) is 8.06. The molecule has 1 N–H and O–H groups in total. The average molecular weight is 314 g/mol. The van der Waals surface area contributed by atoms with Crippen LogP contribution in [0.4, 0.5) is 0 Å². The largest absolute Gasteiger partial charge is 0.472 e. The fourth-order valence-corrected chi connectivity index (χ4v) is 1.79. The molecule has 0 fully saturated rings. The Hall–Kier alpha value is -0.810. The zero-order chi connectivity index (χ0) is 10.7. The summed E-state index contributed by atoms with van der Waals surface area (Å²) in [7, 11) is 0. The van der Waals surface area contributed by atoms with E-state index in [1.807, 2.05) is 30.3 Å². The lowest BCUT2D eigenvalue weighted by atomic mass is 10.0. The Kier molecular flexibility index (Phi) is 3.43. The fourth-order valence-electron chi connectivity index (χ4n) is 1.43. The SMILES string of the molecule is OC(Cc1ccoc1)c1ccc(I)cc1. The third-order valence-corrected chi connectivity index (χ3v) is 2.98. The molecule has 2 aromatic rings. The molecule has 2 rings (SSSR count). The lowest BCUT2D eigenvalue weighted by Crippen LogP contribution is -2.00. The molecule has 0 saturated carbocycles. The first-order valence-corrected chi connectivity index (χ1v) is 5.78. The van der Waals surface area contributed by atoms with Gasteiger partial charge in [-0.2, -0.15) is 0 Å². The summed E-state index contributed by atoms with van der Waals surface area (Å²) in [4.78, 5) is 0. The molecule has 78 valence electrons. The summed E-state index contributed by atoms with van der Waals surface area (Å²) < 4.78 is 6.13. The molecule has 0 saturated heterocycles. The molecule has 0 amide bonds.